The highest BCUT2D eigenvalue weighted by Gasteiger charge is 2.16. The molecule has 0 aliphatic heterocycles. The highest BCUT2D eigenvalue weighted by Crippen LogP contribution is 2.15. The zero-order chi connectivity index (χ0) is 15.0. The van der Waals surface area contributed by atoms with Crippen LogP contribution in [0.3, 0.4) is 0 Å². The van der Waals surface area contributed by atoms with Gasteiger partial charge >= 0.3 is 0 Å². The van der Waals surface area contributed by atoms with Crippen molar-refractivity contribution < 1.29 is 9.32 Å². The molecule has 3 aromatic rings. The molecule has 2 aromatic heterocycles. The van der Waals surface area contributed by atoms with Crippen molar-refractivity contribution >= 4 is 22.5 Å². The standard InChI is InChI=1S/C14H12N4O3/c1-8-7-11(17-21-8)15-13(19)12-9-5-3-4-6-10(9)14(20)18(2)16-12/h3-7H,1-2H3,(H,15,17,19). The van der Waals surface area contributed by atoms with E-state index in [9.17, 15) is 9.59 Å². The van der Waals surface area contributed by atoms with E-state index in [4.69, 9.17) is 4.52 Å². The van der Waals surface area contributed by atoms with Gasteiger partial charge in [0.25, 0.3) is 11.5 Å². The summed E-state index contributed by atoms with van der Waals surface area (Å²) in [5.74, 6) is 0.441. The summed E-state index contributed by atoms with van der Waals surface area (Å²) in [6.45, 7) is 1.72. The van der Waals surface area contributed by atoms with Gasteiger partial charge in [-0.3, -0.25) is 9.59 Å². The van der Waals surface area contributed by atoms with Gasteiger partial charge in [0, 0.05) is 18.5 Å². The van der Waals surface area contributed by atoms with E-state index in [-0.39, 0.29) is 11.3 Å². The van der Waals surface area contributed by atoms with Crippen LogP contribution in [-0.2, 0) is 7.05 Å². The topological polar surface area (TPSA) is 90.0 Å². The van der Waals surface area contributed by atoms with Crippen LogP contribution in [0.15, 0.2) is 39.6 Å². The highest BCUT2D eigenvalue weighted by atomic mass is 16.5. The van der Waals surface area contributed by atoms with Crippen molar-refractivity contribution in [2.24, 2.45) is 7.05 Å². The Kier molecular flexibility index (Phi) is 3.02. The van der Waals surface area contributed by atoms with Crippen LogP contribution < -0.4 is 10.9 Å². The van der Waals surface area contributed by atoms with Gasteiger partial charge in [0.15, 0.2) is 11.5 Å². The average Bonchev–Trinajstić information content (AvgIpc) is 2.88. The molecule has 0 aliphatic carbocycles. The summed E-state index contributed by atoms with van der Waals surface area (Å²) < 4.78 is 6.04. The predicted octanol–water partition coefficient (Wildman–Crippen LogP) is 1.48. The number of carbonyl (C=O) groups excluding carboxylic acids is 1. The molecule has 0 aliphatic rings. The lowest BCUT2D eigenvalue weighted by atomic mass is 10.1. The number of amides is 1. The fourth-order valence-corrected chi connectivity index (χ4v) is 2.07. The number of nitrogens with one attached hydrogen (secondary N) is 1. The van der Waals surface area contributed by atoms with Gasteiger partial charge in [-0.05, 0) is 13.0 Å². The number of carbonyl (C=O) groups is 1. The Bertz CT molecular complexity index is 895. The maximum atomic E-state index is 12.3. The molecule has 0 saturated heterocycles. The molecule has 0 atom stereocenters. The first-order valence-corrected chi connectivity index (χ1v) is 6.27. The van der Waals surface area contributed by atoms with Gasteiger partial charge in [0.1, 0.15) is 5.76 Å². The summed E-state index contributed by atoms with van der Waals surface area (Å²) in [6.07, 6.45) is 0. The van der Waals surface area contributed by atoms with Crippen molar-refractivity contribution in [2.45, 2.75) is 6.92 Å². The van der Waals surface area contributed by atoms with Gasteiger partial charge < -0.3 is 9.84 Å². The number of anilines is 1. The maximum absolute atomic E-state index is 12.3. The zero-order valence-electron chi connectivity index (χ0n) is 11.5. The van der Waals surface area contributed by atoms with Gasteiger partial charge in [0.05, 0.1) is 5.39 Å². The van der Waals surface area contributed by atoms with E-state index < -0.39 is 5.91 Å². The van der Waals surface area contributed by atoms with E-state index in [0.29, 0.717) is 22.4 Å². The molecule has 1 N–H and O–H groups in total. The third kappa shape index (κ3) is 2.29. The quantitative estimate of drug-likeness (QED) is 0.769. The molecule has 21 heavy (non-hydrogen) atoms. The van der Waals surface area contributed by atoms with Crippen LogP contribution in [0.1, 0.15) is 16.2 Å². The third-order valence-electron chi connectivity index (χ3n) is 3.04. The molecule has 1 amide bonds. The van der Waals surface area contributed by atoms with Gasteiger partial charge in [0.2, 0.25) is 0 Å². The second-order valence-corrected chi connectivity index (χ2v) is 4.60. The molecule has 7 nitrogen and oxygen atoms in total. The molecule has 0 radical (unpaired) electrons. The fourth-order valence-electron chi connectivity index (χ4n) is 2.07. The lowest BCUT2D eigenvalue weighted by Crippen LogP contribution is -2.25. The summed E-state index contributed by atoms with van der Waals surface area (Å²) in [5, 5.41) is 11.3. The van der Waals surface area contributed by atoms with Gasteiger partial charge in [-0.15, -0.1) is 0 Å². The number of fused-ring (bicyclic) bond motifs is 1. The minimum atomic E-state index is -0.449. The van der Waals surface area contributed by atoms with Crippen LogP contribution in [0.2, 0.25) is 0 Å². The first kappa shape index (κ1) is 13.0. The number of aromatic nitrogens is 3. The minimum absolute atomic E-state index is 0.161. The van der Waals surface area contributed by atoms with Crippen LogP contribution in [0.4, 0.5) is 5.82 Å². The minimum Gasteiger partial charge on any atom is -0.360 e. The average molecular weight is 284 g/mol. The summed E-state index contributed by atoms with van der Waals surface area (Å²) in [7, 11) is 1.51. The van der Waals surface area contributed by atoms with E-state index >= 15 is 0 Å². The zero-order valence-corrected chi connectivity index (χ0v) is 11.5. The summed E-state index contributed by atoms with van der Waals surface area (Å²) >= 11 is 0. The number of hydrogen-bond donors (Lipinski definition) is 1. The van der Waals surface area contributed by atoms with Crippen molar-refractivity contribution in [3.63, 3.8) is 0 Å². The molecular formula is C14H12N4O3. The number of benzene rings is 1. The van der Waals surface area contributed by atoms with Gasteiger partial charge in [-0.1, -0.05) is 23.4 Å². The molecule has 0 fully saturated rings. The van der Waals surface area contributed by atoms with E-state index in [1.807, 2.05) is 0 Å². The van der Waals surface area contributed by atoms with Crippen molar-refractivity contribution in [2.75, 3.05) is 5.32 Å². The smallest absolute Gasteiger partial charge is 0.277 e. The van der Waals surface area contributed by atoms with Crippen molar-refractivity contribution in [3.8, 4) is 0 Å². The molecule has 0 bridgehead atoms. The van der Waals surface area contributed by atoms with E-state index in [1.165, 1.54) is 7.05 Å². The van der Waals surface area contributed by atoms with Crippen molar-refractivity contribution in [1.82, 2.24) is 14.9 Å². The molecular weight excluding hydrogens is 272 g/mol. The Balaban J connectivity index is 2.09. The number of aryl methyl sites for hydroxylation is 2. The molecule has 1 aromatic carbocycles. The normalized spacial score (nSPS) is 10.8. The largest absolute Gasteiger partial charge is 0.360 e. The van der Waals surface area contributed by atoms with Crippen LogP contribution >= 0.6 is 0 Å². The third-order valence-corrected chi connectivity index (χ3v) is 3.04. The van der Waals surface area contributed by atoms with Gasteiger partial charge in [-0.25, -0.2) is 4.68 Å². The Hall–Kier alpha value is -2.96. The summed E-state index contributed by atoms with van der Waals surface area (Å²) in [6, 6.07) is 8.44. The fraction of sp³-hybridized carbons (Fsp3) is 0.143. The van der Waals surface area contributed by atoms with E-state index in [0.717, 1.165) is 4.68 Å². The molecule has 0 spiro atoms. The van der Waals surface area contributed by atoms with Crippen LogP contribution in [0.25, 0.3) is 10.8 Å². The monoisotopic (exact) mass is 284 g/mol. The Labute approximate surface area is 119 Å². The molecule has 7 heteroatoms. The summed E-state index contributed by atoms with van der Waals surface area (Å²) in [5.41, 5.74) is -0.0900. The first-order chi connectivity index (χ1) is 10.1. The molecule has 0 saturated carbocycles. The lowest BCUT2D eigenvalue weighted by Gasteiger charge is -2.07. The Morgan fingerprint density at radius 3 is 2.67 bits per heavy atom. The van der Waals surface area contributed by atoms with Gasteiger partial charge in [-0.2, -0.15) is 5.10 Å². The SMILES string of the molecule is Cc1cc(NC(=O)c2nn(C)c(=O)c3ccccc23)no1. The molecule has 106 valence electrons. The summed E-state index contributed by atoms with van der Waals surface area (Å²) in [4.78, 5) is 24.3. The Morgan fingerprint density at radius 2 is 2.00 bits per heavy atom. The lowest BCUT2D eigenvalue weighted by molar-refractivity contribution is 0.102. The number of nitrogens with zero attached hydrogens (tertiary/aromatic N) is 3. The van der Waals surface area contributed by atoms with E-state index in [1.54, 1.807) is 37.3 Å². The number of rotatable bonds is 2. The van der Waals surface area contributed by atoms with Crippen LogP contribution in [0.5, 0.6) is 0 Å². The molecule has 0 unspecified atom stereocenters. The highest BCUT2D eigenvalue weighted by molar-refractivity contribution is 6.10. The molecule has 3 rings (SSSR count). The second kappa shape index (κ2) is 4.86. The van der Waals surface area contributed by atoms with Crippen molar-refractivity contribution in [1.29, 1.82) is 0 Å². The van der Waals surface area contributed by atoms with Crippen molar-refractivity contribution in [3.05, 3.63) is 52.1 Å². The van der Waals surface area contributed by atoms with Crippen LogP contribution in [0, 0.1) is 6.92 Å². The maximum Gasteiger partial charge on any atom is 0.277 e. The Morgan fingerprint density at radius 1 is 1.29 bits per heavy atom. The van der Waals surface area contributed by atoms with E-state index in [2.05, 4.69) is 15.6 Å². The molecule has 2 heterocycles. The predicted molar refractivity (Wildman–Crippen MR) is 76.2 cm³/mol. The number of hydrogen-bond acceptors (Lipinski definition) is 5. The first-order valence-electron chi connectivity index (χ1n) is 6.27. The second-order valence-electron chi connectivity index (χ2n) is 4.60. The van der Waals surface area contributed by atoms with Crippen LogP contribution in [-0.4, -0.2) is 20.8 Å².